The molecule has 1 amide bonds. The van der Waals surface area contributed by atoms with Crippen LogP contribution in [-0.2, 0) is 4.79 Å². The molecule has 0 radical (unpaired) electrons. The van der Waals surface area contributed by atoms with E-state index in [4.69, 9.17) is 11.6 Å². The van der Waals surface area contributed by atoms with Crippen LogP contribution in [0.3, 0.4) is 0 Å². The van der Waals surface area contributed by atoms with Crippen molar-refractivity contribution in [3.05, 3.63) is 104 Å². The maximum Gasteiger partial charge on any atom is 0.269 e. The van der Waals surface area contributed by atoms with Crippen LogP contribution < -0.4 is 11.0 Å². The molecule has 4 aromatic rings. The average Bonchev–Trinajstić information content (AvgIpc) is 2.87. The molecular formula is C24H18ClN5O4S. The predicted molar refractivity (Wildman–Crippen MR) is 137 cm³/mol. The second kappa shape index (κ2) is 10.5. The number of benzene rings is 3. The molecule has 0 aliphatic rings. The highest BCUT2D eigenvalue weighted by atomic mass is 35.5. The number of halogens is 1. The van der Waals surface area contributed by atoms with Gasteiger partial charge in [-0.25, -0.2) is 10.4 Å². The fraction of sp³-hybridized carbons (Fsp3) is 0.0833. The van der Waals surface area contributed by atoms with E-state index in [-0.39, 0.29) is 17.0 Å². The van der Waals surface area contributed by atoms with E-state index in [1.54, 1.807) is 67.6 Å². The minimum atomic E-state index is -0.486. The van der Waals surface area contributed by atoms with Crippen LogP contribution in [0.1, 0.15) is 12.5 Å². The summed E-state index contributed by atoms with van der Waals surface area (Å²) in [5, 5.41) is 16.2. The highest BCUT2D eigenvalue weighted by Gasteiger charge is 2.15. The lowest BCUT2D eigenvalue weighted by Gasteiger charge is -2.13. The number of carbonyl (C=O) groups excluding carboxylic acids is 1. The van der Waals surface area contributed by atoms with Gasteiger partial charge in [0.1, 0.15) is 0 Å². The lowest BCUT2D eigenvalue weighted by molar-refractivity contribution is -0.384. The van der Waals surface area contributed by atoms with Gasteiger partial charge in [-0.05, 0) is 61.0 Å². The molecule has 4 rings (SSSR count). The number of hydrogen-bond acceptors (Lipinski definition) is 7. The van der Waals surface area contributed by atoms with Gasteiger partial charge in [0.05, 0.1) is 33.0 Å². The third-order valence-electron chi connectivity index (χ3n) is 5.01. The van der Waals surface area contributed by atoms with Crippen LogP contribution >= 0.6 is 23.4 Å². The van der Waals surface area contributed by atoms with Gasteiger partial charge in [-0.2, -0.15) is 5.10 Å². The molecule has 0 saturated heterocycles. The van der Waals surface area contributed by atoms with Crippen molar-refractivity contribution in [3.63, 3.8) is 0 Å². The number of nitro groups is 1. The molecule has 1 N–H and O–H groups in total. The number of amides is 1. The first-order valence-corrected chi connectivity index (χ1v) is 11.7. The predicted octanol–water partition coefficient (Wildman–Crippen LogP) is 4.58. The molecule has 9 nitrogen and oxygen atoms in total. The van der Waals surface area contributed by atoms with Crippen molar-refractivity contribution in [1.29, 1.82) is 0 Å². The summed E-state index contributed by atoms with van der Waals surface area (Å²) >= 11 is 7.10. The molecular weight excluding hydrogens is 490 g/mol. The largest absolute Gasteiger partial charge is 0.272 e. The van der Waals surface area contributed by atoms with Gasteiger partial charge < -0.3 is 0 Å². The lowest BCUT2D eigenvalue weighted by Crippen LogP contribution is -2.24. The number of fused-ring (bicyclic) bond motifs is 1. The normalized spacial score (nSPS) is 11.4. The third kappa shape index (κ3) is 5.56. The summed E-state index contributed by atoms with van der Waals surface area (Å²) in [5.74, 6) is -0.448. The number of nitrogens with zero attached hydrogens (tertiary/aromatic N) is 4. The molecule has 0 aliphatic heterocycles. The Bertz CT molecular complexity index is 1500. The third-order valence-corrected chi connectivity index (χ3v) is 6.20. The average molecular weight is 508 g/mol. The molecule has 3 aromatic carbocycles. The molecule has 0 unspecified atom stereocenters. The van der Waals surface area contributed by atoms with E-state index in [9.17, 15) is 19.7 Å². The maximum atomic E-state index is 13.2. The summed E-state index contributed by atoms with van der Waals surface area (Å²) in [6, 6.07) is 19.6. The number of hydrogen-bond donors (Lipinski definition) is 1. The Morgan fingerprint density at radius 2 is 1.80 bits per heavy atom. The summed E-state index contributed by atoms with van der Waals surface area (Å²) in [4.78, 5) is 40.6. The van der Waals surface area contributed by atoms with Crippen molar-refractivity contribution < 1.29 is 9.72 Å². The molecule has 0 atom stereocenters. The minimum Gasteiger partial charge on any atom is -0.272 e. The van der Waals surface area contributed by atoms with Crippen molar-refractivity contribution in [2.24, 2.45) is 5.10 Å². The first-order valence-electron chi connectivity index (χ1n) is 10.3. The number of nitro benzene ring substituents is 1. The molecule has 176 valence electrons. The van der Waals surface area contributed by atoms with E-state index < -0.39 is 10.8 Å². The zero-order chi connectivity index (χ0) is 24.9. The Morgan fingerprint density at radius 1 is 1.11 bits per heavy atom. The van der Waals surface area contributed by atoms with Crippen LogP contribution in [0.4, 0.5) is 5.69 Å². The number of thioether (sulfide) groups is 1. The zero-order valence-electron chi connectivity index (χ0n) is 18.3. The lowest BCUT2D eigenvalue weighted by atomic mass is 10.1. The number of carbonyl (C=O) groups is 1. The number of para-hydroxylation sites is 1. The van der Waals surface area contributed by atoms with Crippen molar-refractivity contribution in [3.8, 4) is 5.69 Å². The van der Waals surface area contributed by atoms with Gasteiger partial charge in [0.2, 0.25) is 0 Å². The fourth-order valence-electron chi connectivity index (χ4n) is 3.22. The van der Waals surface area contributed by atoms with Gasteiger partial charge in [0.15, 0.2) is 5.16 Å². The highest BCUT2D eigenvalue weighted by molar-refractivity contribution is 7.99. The standard InChI is InChI=1S/C24H18ClN5O4S/c1-15(16-6-10-19(11-7-16)30(33)34)27-28-22(31)14-35-24-26-21-5-3-2-4-20(21)23(32)29(24)18-12-8-17(25)9-13-18/h2-13H,14H2,1H3,(H,28,31). The van der Waals surface area contributed by atoms with Crippen LogP contribution in [0.2, 0.25) is 5.02 Å². The summed E-state index contributed by atoms with van der Waals surface area (Å²) in [5.41, 5.74) is 4.41. The molecule has 1 aromatic heterocycles. The van der Waals surface area contributed by atoms with Crippen LogP contribution in [0.5, 0.6) is 0 Å². The minimum absolute atomic E-state index is 0.0309. The van der Waals surface area contributed by atoms with Crippen molar-refractivity contribution in [2.75, 3.05) is 5.75 Å². The van der Waals surface area contributed by atoms with Crippen LogP contribution in [-0.4, -0.2) is 31.8 Å². The van der Waals surface area contributed by atoms with Crippen LogP contribution in [0.25, 0.3) is 16.6 Å². The first-order chi connectivity index (χ1) is 16.8. The van der Waals surface area contributed by atoms with Crippen LogP contribution in [0, 0.1) is 10.1 Å². The number of hydrazone groups is 1. The van der Waals surface area contributed by atoms with Crippen molar-refractivity contribution in [1.82, 2.24) is 15.0 Å². The second-order valence-electron chi connectivity index (χ2n) is 7.35. The Hall–Kier alpha value is -4.02. The van der Waals surface area contributed by atoms with E-state index in [1.165, 1.54) is 16.7 Å². The van der Waals surface area contributed by atoms with E-state index in [0.29, 0.717) is 38.0 Å². The summed E-state index contributed by atoms with van der Waals surface area (Å²) in [7, 11) is 0. The van der Waals surface area contributed by atoms with Crippen LogP contribution in [0.15, 0.2) is 87.8 Å². The SMILES string of the molecule is CC(=NNC(=O)CSc1nc2ccccc2c(=O)n1-c1ccc(Cl)cc1)c1ccc([N+](=O)[O-])cc1. The maximum absolute atomic E-state index is 13.2. The van der Waals surface area contributed by atoms with E-state index in [1.807, 2.05) is 0 Å². The first kappa shape index (κ1) is 24.1. The summed E-state index contributed by atoms with van der Waals surface area (Å²) in [6.07, 6.45) is 0. The van der Waals surface area contributed by atoms with Crippen molar-refractivity contribution >= 4 is 51.6 Å². The Balaban J connectivity index is 1.54. The van der Waals surface area contributed by atoms with Gasteiger partial charge in [-0.3, -0.25) is 24.3 Å². The van der Waals surface area contributed by atoms with Gasteiger partial charge >= 0.3 is 0 Å². The number of nitrogens with one attached hydrogen (secondary N) is 1. The Morgan fingerprint density at radius 3 is 2.49 bits per heavy atom. The molecule has 0 fully saturated rings. The van der Waals surface area contributed by atoms with Gasteiger partial charge in [-0.1, -0.05) is 35.5 Å². The molecule has 35 heavy (non-hydrogen) atoms. The highest BCUT2D eigenvalue weighted by Crippen LogP contribution is 2.22. The topological polar surface area (TPSA) is 119 Å². The Labute approximate surface area is 208 Å². The van der Waals surface area contributed by atoms with Gasteiger partial charge in [-0.15, -0.1) is 0 Å². The molecule has 0 aliphatic carbocycles. The van der Waals surface area contributed by atoms with Gasteiger partial charge in [0, 0.05) is 17.2 Å². The summed E-state index contributed by atoms with van der Waals surface area (Å²) < 4.78 is 1.45. The summed E-state index contributed by atoms with van der Waals surface area (Å²) in [6.45, 7) is 1.68. The molecule has 0 saturated carbocycles. The quantitative estimate of drug-likeness (QED) is 0.128. The van der Waals surface area contributed by atoms with Gasteiger partial charge in [0.25, 0.3) is 17.2 Å². The number of non-ortho nitro benzene ring substituents is 1. The molecule has 0 bridgehead atoms. The Kier molecular flexibility index (Phi) is 7.23. The van der Waals surface area contributed by atoms with E-state index >= 15 is 0 Å². The molecule has 1 heterocycles. The fourth-order valence-corrected chi connectivity index (χ4v) is 4.16. The monoisotopic (exact) mass is 507 g/mol. The second-order valence-corrected chi connectivity index (χ2v) is 8.73. The van der Waals surface area contributed by atoms with E-state index in [2.05, 4.69) is 15.5 Å². The zero-order valence-corrected chi connectivity index (χ0v) is 19.9. The van der Waals surface area contributed by atoms with E-state index in [0.717, 1.165) is 11.8 Å². The molecule has 11 heteroatoms. The smallest absolute Gasteiger partial charge is 0.269 e. The molecule has 0 spiro atoms. The van der Waals surface area contributed by atoms with Crippen molar-refractivity contribution in [2.45, 2.75) is 12.1 Å². The number of aromatic nitrogens is 2. The number of rotatable bonds is 7.